The number of aryl methyl sites for hydroxylation is 3. The van der Waals surface area contributed by atoms with E-state index in [0.717, 1.165) is 16.7 Å². The summed E-state index contributed by atoms with van der Waals surface area (Å²) in [6.45, 7) is 6.20. The zero-order valence-electron chi connectivity index (χ0n) is 11.0. The Morgan fingerprint density at radius 3 is 2.22 bits per heavy atom. The highest BCUT2D eigenvalue weighted by Crippen LogP contribution is 2.16. The predicted molar refractivity (Wildman–Crippen MR) is 69.9 cm³/mol. The Morgan fingerprint density at radius 1 is 1.17 bits per heavy atom. The monoisotopic (exact) mass is 249 g/mol. The molecule has 2 N–H and O–H groups in total. The first kappa shape index (κ1) is 14.2. The van der Waals surface area contributed by atoms with Crippen molar-refractivity contribution in [2.24, 2.45) is 0 Å². The van der Waals surface area contributed by atoms with E-state index in [2.05, 4.69) is 5.32 Å². The van der Waals surface area contributed by atoms with Crippen molar-refractivity contribution >= 4 is 11.9 Å². The van der Waals surface area contributed by atoms with Crippen LogP contribution >= 0.6 is 0 Å². The third-order valence-corrected chi connectivity index (χ3v) is 2.76. The number of carboxylic acids is 1. The second-order valence-electron chi connectivity index (χ2n) is 4.53. The number of aliphatic carboxylic acids is 1. The van der Waals surface area contributed by atoms with Gasteiger partial charge in [0.15, 0.2) is 0 Å². The van der Waals surface area contributed by atoms with Gasteiger partial charge in [0, 0.05) is 18.5 Å². The minimum absolute atomic E-state index is 0.0755. The number of carbonyl (C=O) groups excluding carboxylic acids is 1. The van der Waals surface area contributed by atoms with E-state index in [1.165, 1.54) is 0 Å². The van der Waals surface area contributed by atoms with Crippen molar-refractivity contribution in [2.45, 2.75) is 33.6 Å². The molecule has 0 radical (unpaired) electrons. The molecule has 0 aliphatic rings. The number of carbonyl (C=O) groups is 2. The average Bonchev–Trinajstić information content (AvgIpc) is 2.22. The average molecular weight is 249 g/mol. The molecular formula is C14H19NO3. The van der Waals surface area contributed by atoms with E-state index in [1.54, 1.807) is 0 Å². The van der Waals surface area contributed by atoms with Gasteiger partial charge in [-0.25, -0.2) is 0 Å². The lowest BCUT2D eigenvalue weighted by Gasteiger charge is -2.11. The first-order valence-corrected chi connectivity index (χ1v) is 5.99. The van der Waals surface area contributed by atoms with Crippen LogP contribution in [-0.4, -0.2) is 23.5 Å². The molecule has 0 saturated heterocycles. The van der Waals surface area contributed by atoms with Crippen molar-refractivity contribution in [3.8, 4) is 0 Å². The molecule has 1 rings (SSSR count). The Balaban J connectivity index is 2.65. The summed E-state index contributed by atoms with van der Waals surface area (Å²) in [6.07, 6.45) is 0.525. The maximum absolute atomic E-state index is 12.0. The molecule has 0 aromatic heterocycles. The molecule has 0 spiro atoms. The minimum atomic E-state index is -0.841. The predicted octanol–water partition coefficient (Wildman–Crippen LogP) is 2.21. The van der Waals surface area contributed by atoms with Crippen molar-refractivity contribution in [3.05, 3.63) is 34.4 Å². The molecule has 0 aliphatic heterocycles. The number of rotatable bonds is 5. The van der Waals surface area contributed by atoms with Crippen LogP contribution in [-0.2, 0) is 4.79 Å². The van der Waals surface area contributed by atoms with Gasteiger partial charge < -0.3 is 10.4 Å². The third-order valence-electron chi connectivity index (χ3n) is 2.76. The smallest absolute Gasteiger partial charge is 0.303 e. The molecule has 0 bridgehead atoms. The fourth-order valence-electron chi connectivity index (χ4n) is 2.07. The lowest BCUT2D eigenvalue weighted by atomic mass is 9.99. The van der Waals surface area contributed by atoms with Crippen LogP contribution in [0.3, 0.4) is 0 Å². The first-order valence-electron chi connectivity index (χ1n) is 5.99. The van der Waals surface area contributed by atoms with Crippen molar-refractivity contribution in [3.63, 3.8) is 0 Å². The summed E-state index contributed by atoms with van der Waals surface area (Å²) in [4.78, 5) is 22.3. The number of benzene rings is 1. The highest BCUT2D eigenvalue weighted by Gasteiger charge is 2.12. The van der Waals surface area contributed by atoms with Crippen molar-refractivity contribution in [1.29, 1.82) is 0 Å². The lowest BCUT2D eigenvalue weighted by molar-refractivity contribution is -0.137. The summed E-state index contributed by atoms with van der Waals surface area (Å²) in [5, 5.41) is 11.3. The molecule has 0 fully saturated rings. The summed E-state index contributed by atoms with van der Waals surface area (Å²) in [7, 11) is 0. The number of amides is 1. The van der Waals surface area contributed by atoms with Gasteiger partial charge in [-0.1, -0.05) is 17.7 Å². The molecule has 0 atom stereocenters. The molecule has 0 heterocycles. The van der Waals surface area contributed by atoms with Crippen LogP contribution in [0.15, 0.2) is 12.1 Å². The summed E-state index contributed by atoms with van der Waals surface area (Å²) in [5.41, 5.74) is 3.72. The van der Waals surface area contributed by atoms with Crippen LogP contribution in [0.25, 0.3) is 0 Å². The molecular weight excluding hydrogens is 230 g/mol. The zero-order chi connectivity index (χ0) is 13.7. The molecule has 4 nitrogen and oxygen atoms in total. The second kappa shape index (κ2) is 6.19. The van der Waals surface area contributed by atoms with Gasteiger partial charge in [0.05, 0.1) is 0 Å². The normalized spacial score (nSPS) is 10.2. The minimum Gasteiger partial charge on any atom is -0.481 e. The maximum Gasteiger partial charge on any atom is 0.303 e. The quantitative estimate of drug-likeness (QED) is 0.786. The third kappa shape index (κ3) is 3.87. The van der Waals surface area contributed by atoms with Gasteiger partial charge in [0.2, 0.25) is 0 Å². The summed E-state index contributed by atoms with van der Waals surface area (Å²) >= 11 is 0. The number of nitrogens with one attached hydrogen (secondary N) is 1. The number of hydrogen-bond acceptors (Lipinski definition) is 2. The van der Waals surface area contributed by atoms with Gasteiger partial charge in [0.25, 0.3) is 5.91 Å². The fourth-order valence-corrected chi connectivity index (χ4v) is 2.07. The Morgan fingerprint density at radius 2 is 1.72 bits per heavy atom. The summed E-state index contributed by atoms with van der Waals surface area (Å²) < 4.78 is 0. The SMILES string of the molecule is Cc1cc(C)c(C(=O)NCCCC(=O)O)c(C)c1. The molecule has 1 amide bonds. The summed E-state index contributed by atoms with van der Waals surface area (Å²) in [5.74, 6) is -0.970. The highest BCUT2D eigenvalue weighted by molar-refractivity contribution is 5.97. The van der Waals surface area contributed by atoms with Crippen LogP contribution < -0.4 is 5.32 Å². The van der Waals surface area contributed by atoms with E-state index < -0.39 is 5.97 Å². The van der Waals surface area contributed by atoms with Gasteiger partial charge >= 0.3 is 5.97 Å². The fraction of sp³-hybridized carbons (Fsp3) is 0.429. The van der Waals surface area contributed by atoms with Crippen molar-refractivity contribution in [2.75, 3.05) is 6.54 Å². The van der Waals surface area contributed by atoms with Crippen LogP contribution in [0.5, 0.6) is 0 Å². The van der Waals surface area contributed by atoms with E-state index >= 15 is 0 Å². The number of carboxylic acid groups (broad SMARTS) is 1. The largest absolute Gasteiger partial charge is 0.481 e. The van der Waals surface area contributed by atoms with Gasteiger partial charge in [0.1, 0.15) is 0 Å². The molecule has 4 heteroatoms. The Hall–Kier alpha value is -1.84. The van der Waals surface area contributed by atoms with Gasteiger partial charge in [-0.3, -0.25) is 9.59 Å². The zero-order valence-corrected chi connectivity index (χ0v) is 11.0. The standard InChI is InChI=1S/C14H19NO3/c1-9-7-10(2)13(11(3)8-9)14(18)15-6-4-5-12(16)17/h7-8H,4-6H2,1-3H3,(H,15,18)(H,16,17). The molecule has 1 aromatic rings. The summed E-state index contributed by atoms with van der Waals surface area (Å²) in [6, 6.07) is 3.94. The molecule has 0 unspecified atom stereocenters. The van der Waals surface area contributed by atoms with Crippen LogP contribution in [0.2, 0.25) is 0 Å². The Kier molecular flexibility index (Phi) is 4.89. The Labute approximate surface area is 107 Å². The topological polar surface area (TPSA) is 66.4 Å². The molecule has 1 aromatic carbocycles. The van der Waals surface area contributed by atoms with E-state index in [4.69, 9.17) is 5.11 Å². The van der Waals surface area contributed by atoms with E-state index in [1.807, 2.05) is 32.9 Å². The maximum atomic E-state index is 12.0. The van der Waals surface area contributed by atoms with Gasteiger partial charge in [-0.05, 0) is 38.3 Å². The van der Waals surface area contributed by atoms with Gasteiger partial charge in [-0.2, -0.15) is 0 Å². The van der Waals surface area contributed by atoms with E-state index in [9.17, 15) is 9.59 Å². The second-order valence-corrected chi connectivity index (χ2v) is 4.53. The van der Waals surface area contributed by atoms with Crippen LogP contribution in [0.1, 0.15) is 39.9 Å². The molecule has 0 saturated carbocycles. The molecule has 98 valence electrons. The Bertz CT molecular complexity index is 443. The molecule has 18 heavy (non-hydrogen) atoms. The van der Waals surface area contributed by atoms with Crippen LogP contribution in [0, 0.1) is 20.8 Å². The van der Waals surface area contributed by atoms with Crippen LogP contribution in [0.4, 0.5) is 0 Å². The molecule has 0 aliphatic carbocycles. The van der Waals surface area contributed by atoms with Gasteiger partial charge in [-0.15, -0.1) is 0 Å². The first-order chi connectivity index (χ1) is 8.41. The van der Waals surface area contributed by atoms with Crippen molar-refractivity contribution in [1.82, 2.24) is 5.32 Å². The lowest BCUT2D eigenvalue weighted by Crippen LogP contribution is -2.26. The number of hydrogen-bond donors (Lipinski definition) is 2. The van der Waals surface area contributed by atoms with E-state index in [0.29, 0.717) is 18.5 Å². The van der Waals surface area contributed by atoms with Crippen molar-refractivity contribution < 1.29 is 14.7 Å². The van der Waals surface area contributed by atoms with E-state index in [-0.39, 0.29) is 12.3 Å². The highest BCUT2D eigenvalue weighted by atomic mass is 16.4.